The lowest BCUT2D eigenvalue weighted by molar-refractivity contribution is -0.156. The van der Waals surface area contributed by atoms with Gasteiger partial charge in [-0.2, -0.15) is 9.50 Å². The third kappa shape index (κ3) is 6.18. The summed E-state index contributed by atoms with van der Waals surface area (Å²) in [6.07, 6.45) is 3.40. The highest BCUT2D eigenvalue weighted by atomic mass is 19.1. The molecule has 0 aliphatic rings. The molecule has 14 heteroatoms. The van der Waals surface area contributed by atoms with E-state index in [1.807, 2.05) is 41.6 Å². The topological polar surface area (TPSA) is 142 Å². The predicted octanol–water partition coefficient (Wildman–Crippen LogP) is 3.05. The van der Waals surface area contributed by atoms with E-state index in [9.17, 15) is 4.79 Å². The molecule has 0 bridgehead atoms. The van der Waals surface area contributed by atoms with E-state index < -0.39 is 17.4 Å². The number of likely N-dealkylation sites (N-methyl/N-ethyl adjacent to an activating group) is 2. The smallest absolute Gasteiger partial charge is 0.349 e. The predicted molar refractivity (Wildman–Crippen MR) is 160 cm³/mol. The van der Waals surface area contributed by atoms with Crippen molar-refractivity contribution < 1.29 is 18.7 Å². The Kier molecular flexibility index (Phi) is 8.39. The third-order valence-corrected chi connectivity index (χ3v) is 7.13. The van der Waals surface area contributed by atoms with Crippen LogP contribution in [0.4, 0.5) is 16.0 Å². The molecule has 43 heavy (non-hydrogen) atoms. The molecule has 13 nitrogen and oxygen atoms in total. The number of benzene rings is 1. The zero-order valence-electron chi connectivity index (χ0n) is 24.9. The summed E-state index contributed by atoms with van der Waals surface area (Å²) in [4.78, 5) is 34.1. The SMILES string of the molecule is CCN(CCN(C)CCn1cnc2c1nc(N)n1nc(-c3ccccn3)nc21)c1ccc(OC(C)(C)C(=O)OC)cc1F. The second-order valence-corrected chi connectivity index (χ2v) is 10.6. The number of fused-ring (bicyclic) bond motifs is 3. The van der Waals surface area contributed by atoms with Crippen molar-refractivity contribution in [2.45, 2.75) is 32.9 Å². The molecule has 2 N–H and O–H groups in total. The summed E-state index contributed by atoms with van der Waals surface area (Å²) < 4.78 is 29.0. The van der Waals surface area contributed by atoms with Gasteiger partial charge in [-0.1, -0.05) is 6.07 Å². The van der Waals surface area contributed by atoms with Gasteiger partial charge in [-0.15, -0.1) is 5.10 Å². The Hall–Kier alpha value is -4.85. The summed E-state index contributed by atoms with van der Waals surface area (Å²) in [6, 6.07) is 10.1. The molecule has 0 saturated heterocycles. The van der Waals surface area contributed by atoms with Crippen molar-refractivity contribution in [1.82, 2.24) is 39.0 Å². The lowest BCUT2D eigenvalue weighted by Crippen LogP contribution is -2.39. The van der Waals surface area contributed by atoms with Crippen LogP contribution >= 0.6 is 0 Å². The van der Waals surface area contributed by atoms with Crippen LogP contribution in [0, 0.1) is 5.82 Å². The first-order chi connectivity index (χ1) is 20.6. The molecule has 0 amide bonds. The first-order valence-corrected chi connectivity index (χ1v) is 13.9. The van der Waals surface area contributed by atoms with Crippen molar-refractivity contribution in [2.75, 3.05) is 51.0 Å². The highest BCUT2D eigenvalue weighted by Gasteiger charge is 2.31. The van der Waals surface area contributed by atoms with Crippen molar-refractivity contribution >= 4 is 34.4 Å². The minimum Gasteiger partial charge on any atom is -0.476 e. The number of imidazole rings is 1. The van der Waals surface area contributed by atoms with Gasteiger partial charge in [0, 0.05) is 45.0 Å². The lowest BCUT2D eigenvalue weighted by Gasteiger charge is -2.28. The first-order valence-electron chi connectivity index (χ1n) is 13.9. The summed E-state index contributed by atoms with van der Waals surface area (Å²) in [6.45, 7) is 8.33. The number of ether oxygens (including phenoxy) is 2. The molecule has 4 heterocycles. The van der Waals surface area contributed by atoms with Crippen LogP contribution in [0.5, 0.6) is 5.75 Å². The minimum atomic E-state index is -1.23. The van der Waals surface area contributed by atoms with Gasteiger partial charge >= 0.3 is 5.97 Å². The second kappa shape index (κ2) is 12.2. The Morgan fingerprint density at radius 3 is 2.60 bits per heavy atom. The Labute approximate surface area is 248 Å². The molecular weight excluding hydrogens is 555 g/mol. The summed E-state index contributed by atoms with van der Waals surface area (Å²) in [5.74, 6) is -0.0666. The van der Waals surface area contributed by atoms with Crippen LogP contribution in [0.1, 0.15) is 20.8 Å². The number of anilines is 2. The van der Waals surface area contributed by atoms with Gasteiger partial charge in [-0.3, -0.25) is 4.98 Å². The summed E-state index contributed by atoms with van der Waals surface area (Å²) >= 11 is 0. The van der Waals surface area contributed by atoms with Crippen LogP contribution < -0.4 is 15.4 Å². The van der Waals surface area contributed by atoms with E-state index in [0.717, 1.165) is 0 Å². The number of hydrogen-bond donors (Lipinski definition) is 1. The zero-order chi connectivity index (χ0) is 30.7. The fourth-order valence-corrected chi connectivity index (χ4v) is 4.72. The van der Waals surface area contributed by atoms with E-state index in [2.05, 4.69) is 29.9 Å². The van der Waals surface area contributed by atoms with Crippen LogP contribution in [0.25, 0.3) is 28.3 Å². The maximum absolute atomic E-state index is 15.1. The van der Waals surface area contributed by atoms with E-state index in [0.29, 0.717) is 66.7 Å². The van der Waals surface area contributed by atoms with Crippen molar-refractivity contribution in [3.05, 3.63) is 54.7 Å². The average molecular weight is 591 g/mol. The Balaban J connectivity index is 1.22. The molecule has 5 rings (SSSR count). The number of carbonyl (C=O) groups excluding carboxylic acids is 1. The van der Waals surface area contributed by atoms with E-state index >= 15 is 4.39 Å². The van der Waals surface area contributed by atoms with Gasteiger partial charge in [0.05, 0.1) is 19.1 Å². The van der Waals surface area contributed by atoms with E-state index in [-0.39, 0.29) is 11.7 Å². The van der Waals surface area contributed by atoms with Crippen LogP contribution in [0.3, 0.4) is 0 Å². The summed E-state index contributed by atoms with van der Waals surface area (Å²) in [7, 11) is 3.29. The summed E-state index contributed by atoms with van der Waals surface area (Å²) in [5.41, 5.74) is 7.82. The molecule has 0 radical (unpaired) electrons. The van der Waals surface area contributed by atoms with Crippen molar-refractivity contribution in [3.63, 3.8) is 0 Å². The van der Waals surface area contributed by atoms with Crippen LogP contribution in [0.15, 0.2) is 48.9 Å². The Morgan fingerprint density at radius 2 is 1.91 bits per heavy atom. The Bertz CT molecular complexity index is 1740. The van der Waals surface area contributed by atoms with Gasteiger partial charge in [-0.05, 0) is 52.1 Å². The number of hydrogen-bond acceptors (Lipinski definition) is 11. The number of halogens is 1. The molecule has 0 fully saturated rings. The van der Waals surface area contributed by atoms with Crippen LogP contribution in [-0.4, -0.2) is 90.9 Å². The molecule has 0 aliphatic carbocycles. The van der Waals surface area contributed by atoms with Crippen LogP contribution in [-0.2, 0) is 16.1 Å². The normalized spacial score (nSPS) is 11.9. The molecular formula is C29H35FN10O3. The molecule has 5 aromatic rings. The molecule has 0 saturated carbocycles. The number of aromatic nitrogens is 7. The van der Waals surface area contributed by atoms with Crippen molar-refractivity contribution in [3.8, 4) is 17.3 Å². The largest absolute Gasteiger partial charge is 0.476 e. The molecule has 226 valence electrons. The molecule has 0 atom stereocenters. The number of nitrogen functional groups attached to an aromatic ring is 1. The molecule has 1 aromatic carbocycles. The van der Waals surface area contributed by atoms with Gasteiger partial charge < -0.3 is 29.6 Å². The molecule has 0 unspecified atom stereocenters. The maximum atomic E-state index is 15.1. The second-order valence-electron chi connectivity index (χ2n) is 10.6. The minimum absolute atomic E-state index is 0.207. The fourth-order valence-electron chi connectivity index (χ4n) is 4.72. The number of carbonyl (C=O) groups is 1. The highest BCUT2D eigenvalue weighted by molar-refractivity contribution is 5.87. The monoisotopic (exact) mass is 590 g/mol. The first kappa shape index (κ1) is 29.6. The van der Waals surface area contributed by atoms with Crippen molar-refractivity contribution in [1.29, 1.82) is 0 Å². The average Bonchev–Trinajstić information content (AvgIpc) is 3.62. The number of nitrogens with two attached hydrogens (primary N) is 1. The van der Waals surface area contributed by atoms with Gasteiger partial charge in [0.15, 0.2) is 22.4 Å². The Morgan fingerprint density at radius 1 is 1.09 bits per heavy atom. The standard InChI is InChI=1S/C29H35FN10O3/c1-6-38(22-11-10-19(17-20(22)30)43-29(2,3)27(41)42-5)15-13-37(4)14-16-39-18-33-23-25(39)35-28(31)40-26(23)34-24(36-40)21-9-7-8-12-32-21/h7-12,17-18H,6,13-16H2,1-5H3,(H2,31,35). The quantitative estimate of drug-likeness (QED) is 0.214. The van der Waals surface area contributed by atoms with Gasteiger partial charge in [0.2, 0.25) is 11.8 Å². The highest BCUT2D eigenvalue weighted by Crippen LogP contribution is 2.27. The number of pyridine rings is 1. The van der Waals surface area contributed by atoms with E-state index in [4.69, 9.17) is 15.2 Å². The zero-order valence-corrected chi connectivity index (χ0v) is 24.9. The fraction of sp³-hybridized carbons (Fsp3) is 0.379. The number of rotatable bonds is 12. The maximum Gasteiger partial charge on any atom is 0.349 e. The third-order valence-electron chi connectivity index (χ3n) is 7.13. The van der Waals surface area contributed by atoms with Crippen LogP contribution in [0.2, 0.25) is 0 Å². The number of esters is 1. The lowest BCUT2D eigenvalue weighted by atomic mass is 10.1. The van der Waals surface area contributed by atoms with E-state index in [1.54, 1.807) is 38.5 Å². The van der Waals surface area contributed by atoms with Gasteiger partial charge in [0.25, 0.3) is 0 Å². The van der Waals surface area contributed by atoms with Gasteiger partial charge in [0.1, 0.15) is 17.3 Å². The number of nitrogens with zero attached hydrogens (tertiary/aromatic N) is 9. The summed E-state index contributed by atoms with van der Waals surface area (Å²) in [5, 5.41) is 4.47. The molecule has 4 aromatic heterocycles. The van der Waals surface area contributed by atoms with Crippen molar-refractivity contribution in [2.24, 2.45) is 0 Å². The van der Waals surface area contributed by atoms with E-state index in [1.165, 1.54) is 17.7 Å². The van der Waals surface area contributed by atoms with Gasteiger partial charge in [-0.25, -0.2) is 19.2 Å². The number of methoxy groups -OCH3 is 1. The molecule has 0 aliphatic heterocycles. The molecule has 0 spiro atoms.